The molecule has 0 spiro atoms. The molecular formula is C22H34BrNO. The number of benzene rings is 1. The summed E-state index contributed by atoms with van der Waals surface area (Å²) < 4.78 is 0. The second-order valence-electron chi connectivity index (χ2n) is 7.41. The third-order valence-electron chi connectivity index (χ3n) is 5.41. The Labute approximate surface area is 162 Å². The van der Waals surface area contributed by atoms with Gasteiger partial charge in [0.05, 0.1) is 0 Å². The second-order valence-corrected chi connectivity index (χ2v) is 8.20. The van der Waals surface area contributed by atoms with Crippen LogP contribution in [-0.2, 0) is 11.2 Å². The van der Waals surface area contributed by atoms with Crippen LogP contribution < -0.4 is 0 Å². The molecule has 2 nitrogen and oxygen atoms in total. The lowest BCUT2D eigenvalue weighted by atomic mass is 9.90. The van der Waals surface area contributed by atoms with Crippen LogP contribution in [-0.4, -0.2) is 29.2 Å². The van der Waals surface area contributed by atoms with E-state index in [0.29, 0.717) is 5.91 Å². The van der Waals surface area contributed by atoms with Crippen molar-refractivity contribution in [3.05, 3.63) is 35.9 Å². The van der Waals surface area contributed by atoms with E-state index in [1.54, 1.807) is 0 Å². The van der Waals surface area contributed by atoms with Gasteiger partial charge in [0, 0.05) is 24.8 Å². The summed E-state index contributed by atoms with van der Waals surface area (Å²) in [6, 6.07) is 10.8. The van der Waals surface area contributed by atoms with Crippen molar-refractivity contribution in [3.63, 3.8) is 0 Å². The Kier molecular flexibility index (Phi) is 10.3. The highest BCUT2D eigenvalue weighted by Gasteiger charge is 2.21. The quantitative estimate of drug-likeness (QED) is 0.326. The minimum Gasteiger partial charge on any atom is -0.343 e. The van der Waals surface area contributed by atoms with Crippen molar-refractivity contribution in [2.24, 2.45) is 5.92 Å². The molecule has 1 aliphatic heterocycles. The van der Waals surface area contributed by atoms with Crippen molar-refractivity contribution in [3.8, 4) is 0 Å². The number of nitrogens with zero attached hydrogens (tertiary/aromatic N) is 1. The average molecular weight is 408 g/mol. The van der Waals surface area contributed by atoms with Gasteiger partial charge in [-0.1, -0.05) is 65.5 Å². The first-order valence-electron chi connectivity index (χ1n) is 10.2. The highest BCUT2D eigenvalue weighted by molar-refractivity contribution is 9.09. The normalized spacial score (nSPS) is 15.5. The number of amides is 1. The van der Waals surface area contributed by atoms with Gasteiger partial charge in [0.25, 0.3) is 0 Å². The van der Waals surface area contributed by atoms with Gasteiger partial charge in [-0.3, -0.25) is 4.79 Å². The summed E-state index contributed by atoms with van der Waals surface area (Å²) in [6.45, 7) is 1.97. The van der Waals surface area contributed by atoms with E-state index in [0.717, 1.165) is 37.2 Å². The number of aryl methyl sites for hydroxylation is 1. The molecule has 1 aromatic rings. The number of hydrogen-bond acceptors (Lipinski definition) is 1. The lowest BCUT2D eigenvalue weighted by Crippen LogP contribution is -2.38. The minimum atomic E-state index is 0.392. The van der Waals surface area contributed by atoms with Gasteiger partial charge in [-0.05, 0) is 56.4 Å². The lowest BCUT2D eigenvalue weighted by Gasteiger charge is -2.32. The molecule has 1 saturated heterocycles. The van der Waals surface area contributed by atoms with Crippen LogP contribution in [0.2, 0.25) is 0 Å². The zero-order valence-electron chi connectivity index (χ0n) is 15.6. The molecule has 1 aliphatic rings. The summed E-state index contributed by atoms with van der Waals surface area (Å²) in [6.07, 6.45) is 13.0. The Balaban J connectivity index is 1.52. The van der Waals surface area contributed by atoms with Gasteiger partial charge in [-0.25, -0.2) is 0 Å². The van der Waals surface area contributed by atoms with Crippen molar-refractivity contribution in [2.75, 3.05) is 18.4 Å². The van der Waals surface area contributed by atoms with E-state index in [1.807, 2.05) is 0 Å². The topological polar surface area (TPSA) is 20.3 Å². The molecule has 2 rings (SSSR count). The van der Waals surface area contributed by atoms with E-state index < -0.39 is 0 Å². The Bertz CT molecular complexity index is 468. The van der Waals surface area contributed by atoms with E-state index in [4.69, 9.17) is 0 Å². The predicted octanol–water partition coefficient (Wildman–Crippen LogP) is 5.98. The Morgan fingerprint density at radius 3 is 2.36 bits per heavy atom. The van der Waals surface area contributed by atoms with E-state index in [9.17, 15) is 4.79 Å². The maximum Gasteiger partial charge on any atom is 0.222 e. The van der Waals surface area contributed by atoms with Crippen LogP contribution in [0.3, 0.4) is 0 Å². The van der Waals surface area contributed by atoms with Gasteiger partial charge >= 0.3 is 0 Å². The maximum absolute atomic E-state index is 12.3. The van der Waals surface area contributed by atoms with Crippen molar-refractivity contribution in [1.29, 1.82) is 0 Å². The fourth-order valence-electron chi connectivity index (χ4n) is 3.77. The number of carbonyl (C=O) groups is 1. The zero-order chi connectivity index (χ0) is 17.7. The standard InChI is InChI=1S/C22H34BrNO/c23-17-8-3-1-2-7-14-22(25)24-18-15-21(16-19-24)13-9-12-20-10-5-4-6-11-20/h4-6,10-11,21H,1-3,7-9,12-19H2. The third kappa shape index (κ3) is 8.40. The monoisotopic (exact) mass is 407 g/mol. The number of piperidine rings is 1. The van der Waals surface area contributed by atoms with Crippen molar-refractivity contribution in [1.82, 2.24) is 4.90 Å². The van der Waals surface area contributed by atoms with Crippen LogP contribution in [0, 0.1) is 5.92 Å². The SMILES string of the molecule is O=C(CCCCCCCBr)N1CCC(CCCc2ccccc2)CC1. The Morgan fingerprint density at radius 1 is 0.960 bits per heavy atom. The van der Waals surface area contributed by atoms with Crippen molar-refractivity contribution in [2.45, 2.75) is 70.6 Å². The molecule has 3 heteroatoms. The highest BCUT2D eigenvalue weighted by Crippen LogP contribution is 2.23. The van der Waals surface area contributed by atoms with Gasteiger partial charge in [-0.15, -0.1) is 0 Å². The second kappa shape index (κ2) is 12.5. The molecule has 1 fully saturated rings. The molecule has 0 radical (unpaired) electrons. The molecule has 0 aromatic heterocycles. The molecule has 1 aromatic carbocycles. The zero-order valence-corrected chi connectivity index (χ0v) is 17.2. The lowest BCUT2D eigenvalue weighted by molar-refractivity contribution is -0.132. The van der Waals surface area contributed by atoms with Gasteiger partial charge < -0.3 is 4.90 Å². The first-order valence-corrected chi connectivity index (χ1v) is 11.3. The fraction of sp³-hybridized carbons (Fsp3) is 0.682. The molecule has 0 N–H and O–H groups in total. The molecule has 140 valence electrons. The summed E-state index contributed by atoms with van der Waals surface area (Å²) in [7, 11) is 0. The van der Waals surface area contributed by atoms with Gasteiger partial charge in [-0.2, -0.15) is 0 Å². The molecule has 1 amide bonds. The maximum atomic E-state index is 12.3. The Hall–Kier alpha value is -0.830. The molecule has 0 atom stereocenters. The first-order chi connectivity index (χ1) is 12.3. The van der Waals surface area contributed by atoms with Crippen LogP contribution in [0.25, 0.3) is 0 Å². The van der Waals surface area contributed by atoms with Gasteiger partial charge in [0.15, 0.2) is 0 Å². The summed E-state index contributed by atoms with van der Waals surface area (Å²) in [4.78, 5) is 14.4. The number of hydrogen-bond donors (Lipinski definition) is 0. The van der Waals surface area contributed by atoms with Gasteiger partial charge in [0.1, 0.15) is 0 Å². The number of halogens is 1. The van der Waals surface area contributed by atoms with Crippen molar-refractivity contribution >= 4 is 21.8 Å². The van der Waals surface area contributed by atoms with Crippen LogP contribution in [0.1, 0.15) is 69.8 Å². The smallest absolute Gasteiger partial charge is 0.222 e. The fourth-order valence-corrected chi connectivity index (χ4v) is 4.17. The van der Waals surface area contributed by atoms with Crippen LogP contribution in [0.15, 0.2) is 30.3 Å². The van der Waals surface area contributed by atoms with E-state index in [1.165, 1.54) is 63.4 Å². The minimum absolute atomic E-state index is 0.392. The summed E-state index contributed by atoms with van der Waals surface area (Å²) in [5.74, 6) is 1.21. The average Bonchev–Trinajstić information content (AvgIpc) is 2.66. The Morgan fingerprint density at radius 2 is 1.64 bits per heavy atom. The first kappa shape index (κ1) is 20.5. The summed E-state index contributed by atoms with van der Waals surface area (Å²) in [5, 5.41) is 1.10. The van der Waals surface area contributed by atoms with Crippen LogP contribution in [0.5, 0.6) is 0 Å². The molecular weight excluding hydrogens is 374 g/mol. The van der Waals surface area contributed by atoms with E-state index in [2.05, 4.69) is 51.2 Å². The largest absolute Gasteiger partial charge is 0.343 e. The number of carbonyl (C=O) groups excluding carboxylic acids is 1. The number of rotatable bonds is 11. The van der Waals surface area contributed by atoms with E-state index >= 15 is 0 Å². The van der Waals surface area contributed by atoms with Crippen LogP contribution in [0.4, 0.5) is 0 Å². The molecule has 0 aliphatic carbocycles. The molecule has 1 heterocycles. The summed E-state index contributed by atoms with van der Waals surface area (Å²) in [5.41, 5.74) is 1.45. The summed E-state index contributed by atoms with van der Waals surface area (Å²) >= 11 is 3.47. The molecule has 25 heavy (non-hydrogen) atoms. The van der Waals surface area contributed by atoms with Gasteiger partial charge in [0.2, 0.25) is 5.91 Å². The number of unbranched alkanes of at least 4 members (excludes halogenated alkanes) is 4. The number of likely N-dealkylation sites (tertiary alicyclic amines) is 1. The van der Waals surface area contributed by atoms with E-state index in [-0.39, 0.29) is 0 Å². The van der Waals surface area contributed by atoms with Crippen LogP contribution >= 0.6 is 15.9 Å². The van der Waals surface area contributed by atoms with Crippen molar-refractivity contribution < 1.29 is 4.79 Å². The molecule has 0 bridgehead atoms. The predicted molar refractivity (Wildman–Crippen MR) is 110 cm³/mol. The molecule has 0 saturated carbocycles. The number of alkyl halides is 1. The third-order valence-corrected chi connectivity index (χ3v) is 5.97. The highest BCUT2D eigenvalue weighted by atomic mass is 79.9. The molecule has 0 unspecified atom stereocenters.